The van der Waals surface area contributed by atoms with Crippen LogP contribution in [-0.2, 0) is 18.6 Å². The predicted octanol–water partition coefficient (Wildman–Crippen LogP) is 1.64. The van der Waals surface area contributed by atoms with Crippen LogP contribution in [0.2, 0.25) is 0 Å². The zero-order valence-electron chi connectivity index (χ0n) is 4.64. The summed E-state index contributed by atoms with van der Waals surface area (Å²) in [6, 6.07) is 0. The van der Waals surface area contributed by atoms with E-state index in [4.69, 9.17) is 0 Å². The summed E-state index contributed by atoms with van der Waals surface area (Å²) in [4.78, 5) is 0. The van der Waals surface area contributed by atoms with E-state index in [1.807, 2.05) is 0 Å². The molecule has 0 aromatic rings. The summed E-state index contributed by atoms with van der Waals surface area (Å²) in [7, 11) is 1.53. The van der Waals surface area contributed by atoms with Crippen LogP contribution in [0.1, 0.15) is 6.42 Å². The topological polar surface area (TPSA) is 14.1 Å². The molecule has 0 N–H and O–H groups in total. The molecule has 0 spiro atoms. The Labute approximate surface area is 59.7 Å². The monoisotopic (exact) mass is 159 g/mol. The summed E-state index contributed by atoms with van der Waals surface area (Å²) in [5, 5.41) is 3.50. The Morgan fingerprint density at radius 1 is 1.50 bits per heavy atom. The Morgan fingerprint density at radius 3 is 2.12 bits per heavy atom. The molecule has 0 aliphatic heterocycles. The van der Waals surface area contributed by atoms with Crippen molar-refractivity contribution in [3.63, 3.8) is 0 Å². The Kier molecular flexibility index (Phi) is 10.4. The fourth-order valence-electron chi connectivity index (χ4n) is 0.227. The molecule has 0 unspecified atom stereocenters. The summed E-state index contributed by atoms with van der Waals surface area (Å²) < 4.78 is 22.3. The molecule has 1 nitrogen and oxygen atoms in total. The molecule has 0 saturated heterocycles. The molecule has 8 heavy (non-hydrogen) atoms. The molecule has 0 rings (SSSR count). The maximum atomic E-state index is 11.2. The van der Waals surface area contributed by atoms with Crippen molar-refractivity contribution < 1.29 is 27.3 Å². The molecule has 0 aromatic carbocycles. The summed E-state index contributed by atoms with van der Waals surface area (Å²) in [6.45, 7) is 0.275. The van der Waals surface area contributed by atoms with E-state index in [0.29, 0.717) is 0 Å². The van der Waals surface area contributed by atoms with Crippen molar-refractivity contribution in [1.82, 2.24) is 0 Å². The van der Waals surface area contributed by atoms with E-state index >= 15 is 0 Å². The molecule has 49 valence electrons. The molecule has 0 amide bonds. The average Bonchev–Trinajstić information content (AvgIpc) is 1.61. The standard InChI is InChI=1S/C4H8F2N.V/c1-7-3-2-4(5)6;/h4H,2-3H2,1H3;/q-1;. The number of hydrogen-bond donors (Lipinski definition) is 0. The van der Waals surface area contributed by atoms with Gasteiger partial charge in [0.05, 0.1) is 0 Å². The van der Waals surface area contributed by atoms with Crippen molar-refractivity contribution >= 4 is 0 Å². The molecule has 0 saturated carbocycles. The molecule has 0 aliphatic rings. The number of hydrogen-bond acceptors (Lipinski definition) is 0. The Morgan fingerprint density at radius 2 is 2.00 bits per heavy atom. The van der Waals surface area contributed by atoms with Crippen molar-refractivity contribution in [2.75, 3.05) is 13.6 Å². The van der Waals surface area contributed by atoms with Gasteiger partial charge in [0.15, 0.2) is 0 Å². The van der Waals surface area contributed by atoms with Gasteiger partial charge in [0, 0.05) is 18.6 Å². The quantitative estimate of drug-likeness (QED) is 0.594. The van der Waals surface area contributed by atoms with Gasteiger partial charge in [-0.2, -0.15) is 7.05 Å². The third-order valence-corrected chi connectivity index (χ3v) is 0.571. The summed E-state index contributed by atoms with van der Waals surface area (Å²) in [5.41, 5.74) is 0. The van der Waals surface area contributed by atoms with Crippen LogP contribution in [0.5, 0.6) is 0 Å². The minimum atomic E-state index is -2.19. The fraction of sp³-hybridized carbons (Fsp3) is 1.00. The van der Waals surface area contributed by atoms with Gasteiger partial charge in [0.25, 0.3) is 0 Å². The van der Waals surface area contributed by atoms with Gasteiger partial charge < -0.3 is 5.32 Å². The normalized spacial score (nSPS) is 9.00. The van der Waals surface area contributed by atoms with E-state index in [2.05, 4.69) is 5.32 Å². The molecule has 1 radical (unpaired) electrons. The molecule has 0 heterocycles. The first-order chi connectivity index (χ1) is 3.27. The van der Waals surface area contributed by atoms with Crippen molar-refractivity contribution in [1.29, 1.82) is 0 Å². The largest absolute Gasteiger partial charge is 0.665 e. The molecule has 0 fully saturated rings. The number of halogens is 2. The molecule has 0 aromatic heterocycles. The summed E-state index contributed by atoms with van der Waals surface area (Å²) >= 11 is 0. The second kappa shape index (κ2) is 7.40. The second-order valence-electron chi connectivity index (χ2n) is 1.22. The maximum absolute atomic E-state index is 11.2. The van der Waals surface area contributed by atoms with Crippen molar-refractivity contribution in [2.45, 2.75) is 12.8 Å². The van der Waals surface area contributed by atoms with E-state index in [1.54, 1.807) is 0 Å². The molecule has 0 aliphatic carbocycles. The van der Waals surface area contributed by atoms with Gasteiger partial charge in [-0.1, -0.05) is 0 Å². The second-order valence-corrected chi connectivity index (χ2v) is 1.22. The molecule has 4 heteroatoms. The van der Waals surface area contributed by atoms with E-state index in [0.717, 1.165) is 0 Å². The maximum Gasteiger partial charge on any atom is 0.237 e. The first kappa shape index (κ1) is 11.2. The van der Waals surface area contributed by atoms with Gasteiger partial charge in [-0.25, -0.2) is 8.78 Å². The van der Waals surface area contributed by atoms with Crippen LogP contribution in [0.25, 0.3) is 5.32 Å². The molecule has 0 atom stereocenters. The number of rotatable bonds is 3. The molecular formula is C4H8F2NV-. The van der Waals surface area contributed by atoms with Gasteiger partial charge in [0.1, 0.15) is 0 Å². The SMILES string of the molecule is C[N-]CCC(F)F.[V]. The van der Waals surface area contributed by atoms with Gasteiger partial charge in [0.2, 0.25) is 6.43 Å². The van der Waals surface area contributed by atoms with Crippen molar-refractivity contribution in [2.24, 2.45) is 0 Å². The van der Waals surface area contributed by atoms with Gasteiger partial charge >= 0.3 is 0 Å². The van der Waals surface area contributed by atoms with Gasteiger partial charge in [-0.3, -0.25) is 0 Å². The molecular weight excluding hydrogens is 151 g/mol. The molecule has 0 bridgehead atoms. The average molecular weight is 159 g/mol. The zero-order valence-corrected chi connectivity index (χ0v) is 6.04. The number of nitrogens with zero attached hydrogens (tertiary/aromatic N) is 1. The van der Waals surface area contributed by atoms with Crippen LogP contribution < -0.4 is 0 Å². The van der Waals surface area contributed by atoms with Gasteiger partial charge in [-0.05, 0) is 6.42 Å². The third kappa shape index (κ3) is 9.64. The van der Waals surface area contributed by atoms with Crippen LogP contribution in [0.15, 0.2) is 0 Å². The van der Waals surface area contributed by atoms with Crippen molar-refractivity contribution in [3.05, 3.63) is 5.32 Å². The van der Waals surface area contributed by atoms with Crippen molar-refractivity contribution in [3.8, 4) is 0 Å². The zero-order chi connectivity index (χ0) is 5.70. The van der Waals surface area contributed by atoms with E-state index in [1.165, 1.54) is 7.05 Å². The Balaban J connectivity index is 0. The number of alkyl halides is 2. The first-order valence-electron chi connectivity index (χ1n) is 2.11. The van der Waals surface area contributed by atoms with E-state index < -0.39 is 6.43 Å². The van der Waals surface area contributed by atoms with Gasteiger partial charge in [-0.15, -0.1) is 6.54 Å². The first-order valence-corrected chi connectivity index (χ1v) is 2.11. The van der Waals surface area contributed by atoms with Crippen LogP contribution >= 0.6 is 0 Å². The summed E-state index contributed by atoms with van der Waals surface area (Å²) in [5.74, 6) is 0. The fourth-order valence-corrected chi connectivity index (χ4v) is 0.227. The Bertz CT molecular complexity index is 43.0. The van der Waals surface area contributed by atoms with E-state index in [9.17, 15) is 8.78 Å². The van der Waals surface area contributed by atoms with Crippen LogP contribution in [0.4, 0.5) is 8.78 Å². The van der Waals surface area contributed by atoms with E-state index in [-0.39, 0.29) is 31.5 Å². The smallest absolute Gasteiger partial charge is 0.237 e. The predicted molar refractivity (Wildman–Crippen MR) is 24.8 cm³/mol. The Hall–Kier alpha value is 0.404. The van der Waals surface area contributed by atoms with Crippen LogP contribution in [0, 0.1) is 0 Å². The minimum absolute atomic E-state index is 0. The van der Waals surface area contributed by atoms with Crippen LogP contribution in [0.3, 0.4) is 0 Å². The minimum Gasteiger partial charge on any atom is -0.665 e. The summed E-state index contributed by atoms with van der Waals surface area (Å²) in [6.07, 6.45) is -2.29. The van der Waals surface area contributed by atoms with Crippen LogP contribution in [-0.4, -0.2) is 20.0 Å². The third-order valence-electron chi connectivity index (χ3n) is 0.571.